The van der Waals surface area contributed by atoms with Crippen molar-refractivity contribution in [1.29, 1.82) is 0 Å². The van der Waals surface area contributed by atoms with Crippen molar-refractivity contribution in [1.82, 2.24) is 19.8 Å². The van der Waals surface area contributed by atoms with E-state index < -0.39 is 12.1 Å². The number of carbonyl (C=O) groups excluding carboxylic acids is 1. The lowest BCUT2D eigenvalue weighted by Crippen LogP contribution is -2.39. The summed E-state index contributed by atoms with van der Waals surface area (Å²) in [6.07, 6.45) is 0.176. The molecule has 0 radical (unpaired) electrons. The minimum atomic E-state index is -5.08. The number of hydrogen-bond donors (Lipinski definition) is 1. The minimum absolute atomic E-state index is 0.00527. The number of carboxylic acids is 1. The van der Waals surface area contributed by atoms with E-state index in [1.165, 1.54) is 0 Å². The molecule has 2 aromatic heterocycles. The maximum atomic E-state index is 12.8. The number of aromatic nitrogens is 2. The summed E-state index contributed by atoms with van der Waals surface area (Å²) in [6, 6.07) is 4.74. The summed E-state index contributed by atoms with van der Waals surface area (Å²) < 4.78 is 37.4. The van der Waals surface area contributed by atoms with Crippen LogP contribution in [0.4, 0.5) is 13.2 Å². The molecular formula is C20H23F3N4O4. The maximum Gasteiger partial charge on any atom is 0.490 e. The van der Waals surface area contributed by atoms with Crippen LogP contribution in [0.1, 0.15) is 40.5 Å². The number of fused-ring (bicyclic) bond motifs is 1. The largest absolute Gasteiger partial charge is 0.490 e. The average Bonchev–Trinajstić information content (AvgIpc) is 3.40. The van der Waals surface area contributed by atoms with Crippen LogP contribution in [-0.4, -0.2) is 68.1 Å². The number of rotatable bonds is 3. The van der Waals surface area contributed by atoms with Gasteiger partial charge in [-0.3, -0.25) is 14.7 Å². The fourth-order valence-corrected chi connectivity index (χ4v) is 3.94. The van der Waals surface area contributed by atoms with E-state index >= 15 is 0 Å². The van der Waals surface area contributed by atoms with Crippen LogP contribution in [0.15, 0.2) is 28.9 Å². The van der Waals surface area contributed by atoms with Gasteiger partial charge in [0, 0.05) is 31.4 Å². The van der Waals surface area contributed by atoms with Gasteiger partial charge >= 0.3 is 12.1 Å². The first-order valence-corrected chi connectivity index (χ1v) is 9.75. The van der Waals surface area contributed by atoms with Crippen molar-refractivity contribution in [2.45, 2.75) is 51.5 Å². The van der Waals surface area contributed by atoms with Crippen LogP contribution in [0.5, 0.6) is 0 Å². The van der Waals surface area contributed by atoms with Gasteiger partial charge < -0.3 is 14.4 Å². The Balaban J connectivity index is 0.000000339. The fourth-order valence-electron chi connectivity index (χ4n) is 3.94. The highest BCUT2D eigenvalue weighted by atomic mass is 19.4. The molecule has 0 aliphatic carbocycles. The molecule has 1 amide bonds. The zero-order chi connectivity index (χ0) is 22.8. The molecule has 2 aromatic rings. The lowest BCUT2D eigenvalue weighted by molar-refractivity contribution is -0.192. The number of alkyl halides is 3. The number of likely N-dealkylation sites (tertiary alicyclic amines) is 2. The molecule has 168 valence electrons. The second kappa shape index (κ2) is 9.04. The van der Waals surface area contributed by atoms with Gasteiger partial charge in [0.25, 0.3) is 5.91 Å². The zero-order valence-corrected chi connectivity index (χ0v) is 17.1. The predicted octanol–water partition coefficient (Wildman–Crippen LogP) is 2.81. The van der Waals surface area contributed by atoms with Gasteiger partial charge in [0.2, 0.25) is 0 Å². The average molecular weight is 440 g/mol. The van der Waals surface area contributed by atoms with Crippen LogP contribution in [-0.2, 0) is 11.3 Å². The summed E-state index contributed by atoms with van der Waals surface area (Å²) in [4.78, 5) is 34.5. The molecule has 1 N–H and O–H groups in total. The van der Waals surface area contributed by atoms with E-state index in [1.807, 2.05) is 30.9 Å². The Morgan fingerprint density at radius 3 is 2.35 bits per heavy atom. The molecule has 2 aliphatic rings. The zero-order valence-electron chi connectivity index (χ0n) is 17.1. The highest BCUT2D eigenvalue weighted by molar-refractivity contribution is 5.92. The third-order valence-electron chi connectivity index (χ3n) is 5.35. The first-order chi connectivity index (χ1) is 14.6. The van der Waals surface area contributed by atoms with Crippen LogP contribution in [0.3, 0.4) is 0 Å². The third-order valence-corrected chi connectivity index (χ3v) is 5.35. The summed E-state index contributed by atoms with van der Waals surface area (Å²) >= 11 is 0. The molecule has 4 heterocycles. The van der Waals surface area contributed by atoms with Crippen molar-refractivity contribution in [3.8, 4) is 0 Å². The Bertz CT molecular complexity index is 929. The summed E-state index contributed by atoms with van der Waals surface area (Å²) in [5.74, 6) is -0.803. The van der Waals surface area contributed by atoms with Crippen LogP contribution < -0.4 is 0 Å². The SMILES string of the molecule is Cc1cnc(C(=O)N2CC[C@H]3[C@H]2CCN3Cc2ccc(C)o2)cn1.O=C(O)C(F)(F)F. The van der Waals surface area contributed by atoms with Crippen molar-refractivity contribution < 1.29 is 32.3 Å². The monoisotopic (exact) mass is 440 g/mol. The molecule has 2 saturated heterocycles. The molecule has 2 fully saturated rings. The summed E-state index contributed by atoms with van der Waals surface area (Å²) in [6.45, 7) is 6.45. The summed E-state index contributed by atoms with van der Waals surface area (Å²) in [5, 5.41) is 7.12. The predicted molar refractivity (Wildman–Crippen MR) is 102 cm³/mol. The molecule has 0 unspecified atom stereocenters. The van der Waals surface area contributed by atoms with Gasteiger partial charge in [0.05, 0.1) is 18.4 Å². The number of hydrogen-bond acceptors (Lipinski definition) is 6. The number of halogens is 3. The Labute approximate surface area is 176 Å². The molecule has 0 spiro atoms. The van der Waals surface area contributed by atoms with Crippen LogP contribution in [0.2, 0.25) is 0 Å². The van der Waals surface area contributed by atoms with E-state index in [0.717, 1.165) is 49.7 Å². The molecule has 4 rings (SSSR count). The van der Waals surface area contributed by atoms with Crippen LogP contribution in [0, 0.1) is 13.8 Å². The van der Waals surface area contributed by atoms with Gasteiger partial charge in [-0.1, -0.05) is 0 Å². The molecule has 0 bridgehead atoms. The standard InChI is InChI=1S/C18H22N4O2.C2HF3O2/c1-12-9-20-15(10-19-12)18(23)22-8-6-16-17(22)5-7-21(16)11-14-4-3-13(2)24-14;3-2(4,5)1(6)7/h3-4,9-10,16-17H,5-8,11H2,1-2H3;(H,6,7)/t16-,17+;/m0./s1. The Morgan fingerprint density at radius 2 is 1.81 bits per heavy atom. The first kappa shape index (κ1) is 22.7. The van der Waals surface area contributed by atoms with Crippen LogP contribution in [0.25, 0.3) is 0 Å². The second-order valence-corrected chi connectivity index (χ2v) is 7.54. The molecule has 0 aromatic carbocycles. The molecule has 0 saturated carbocycles. The Hall–Kier alpha value is -2.95. The van der Waals surface area contributed by atoms with Crippen molar-refractivity contribution in [3.63, 3.8) is 0 Å². The van der Waals surface area contributed by atoms with Crippen molar-refractivity contribution in [2.75, 3.05) is 13.1 Å². The Morgan fingerprint density at radius 1 is 1.13 bits per heavy atom. The van der Waals surface area contributed by atoms with Gasteiger partial charge in [-0.2, -0.15) is 13.2 Å². The van der Waals surface area contributed by atoms with Crippen molar-refractivity contribution >= 4 is 11.9 Å². The highest BCUT2D eigenvalue weighted by Gasteiger charge is 2.44. The summed E-state index contributed by atoms with van der Waals surface area (Å²) in [5.41, 5.74) is 1.27. The third kappa shape index (κ3) is 5.40. The second-order valence-electron chi connectivity index (χ2n) is 7.54. The Kier molecular flexibility index (Phi) is 6.63. The van der Waals surface area contributed by atoms with E-state index in [4.69, 9.17) is 14.3 Å². The molecule has 2 atom stereocenters. The smallest absolute Gasteiger partial charge is 0.475 e. The number of carbonyl (C=O) groups is 2. The van der Waals surface area contributed by atoms with Gasteiger partial charge in [-0.05, 0) is 38.8 Å². The summed E-state index contributed by atoms with van der Waals surface area (Å²) in [7, 11) is 0. The highest BCUT2D eigenvalue weighted by Crippen LogP contribution is 2.33. The first-order valence-electron chi connectivity index (χ1n) is 9.75. The molecular weight excluding hydrogens is 417 g/mol. The number of aliphatic carboxylic acids is 1. The van der Waals surface area contributed by atoms with E-state index in [-0.39, 0.29) is 11.9 Å². The number of nitrogens with zero attached hydrogens (tertiary/aromatic N) is 4. The van der Waals surface area contributed by atoms with Gasteiger partial charge in [0.1, 0.15) is 17.2 Å². The molecule has 2 aliphatic heterocycles. The van der Waals surface area contributed by atoms with Gasteiger partial charge in [-0.15, -0.1) is 0 Å². The van der Waals surface area contributed by atoms with Gasteiger partial charge in [0.15, 0.2) is 0 Å². The van der Waals surface area contributed by atoms with Crippen molar-refractivity contribution in [2.24, 2.45) is 0 Å². The quantitative estimate of drug-likeness (QED) is 0.783. The number of aryl methyl sites for hydroxylation is 2. The molecule has 31 heavy (non-hydrogen) atoms. The lowest BCUT2D eigenvalue weighted by atomic mass is 10.1. The van der Waals surface area contributed by atoms with E-state index in [1.54, 1.807) is 12.4 Å². The van der Waals surface area contributed by atoms with Crippen molar-refractivity contribution in [3.05, 3.63) is 47.4 Å². The minimum Gasteiger partial charge on any atom is -0.475 e. The fraction of sp³-hybridized carbons (Fsp3) is 0.500. The lowest BCUT2D eigenvalue weighted by Gasteiger charge is -2.25. The topological polar surface area (TPSA) is 99.8 Å². The van der Waals surface area contributed by atoms with E-state index in [9.17, 15) is 18.0 Å². The van der Waals surface area contributed by atoms with Gasteiger partial charge in [-0.25, -0.2) is 9.78 Å². The molecule has 11 heteroatoms. The molecule has 8 nitrogen and oxygen atoms in total. The van der Waals surface area contributed by atoms with E-state index in [0.29, 0.717) is 11.7 Å². The maximum absolute atomic E-state index is 12.8. The number of furan rings is 1. The number of amides is 1. The van der Waals surface area contributed by atoms with Crippen LogP contribution >= 0.6 is 0 Å². The number of carboxylic acid groups (broad SMARTS) is 1. The normalized spacial score (nSPS) is 20.9. The van der Waals surface area contributed by atoms with E-state index in [2.05, 4.69) is 14.9 Å².